The molecule has 0 aromatic heterocycles. The van der Waals surface area contributed by atoms with E-state index in [1.165, 1.54) is 25.7 Å². The van der Waals surface area contributed by atoms with Crippen LogP contribution >= 0.6 is 0 Å². The Kier molecular flexibility index (Phi) is 3.57. The van der Waals surface area contributed by atoms with Gasteiger partial charge in [-0.05, 0) is 37.5 Å². The van der Waals surface area contributed by atoms with Crippen LogP contribution in [0.1, 0.15) is 46.5 Å². The SMILES string of the molecule is CCCC1CCC1C(C)C(C)N. The zero-order valence-corrected chi connectivity index (χ0v) is 8.72. The van der Waals surface area contributed by atoms with Crippen LogP contribution < -0.4 is 5.73 Å². The van der Waals surface area contributed by atoms with Gasteiger partial charge in [-0.25, -0.2) is 0 Å². The Balaban J connectivity index is 2.32. The molecule has 1 aliphatic rings. The maximum absolute atomic E-state index is 5.90. The van der Waals surface area contributed by atoms with Crippen molar-refractivity contribution in [2.45, 2.75) is 52.5 Å². The maximum Gasteiger partial charge on any atom is 0.00388 e. The highest BCUT2D eigenvalue weighted by Crippen LogP contribution is 2.42. The number of hydrogen-bond donors (Lipinski definition) is 1. The lowest BCUT2D eigenvalue weighted by molar-refractivity contribution is 0.0924. The van der Waals surface area contributed by atoms with E-state index in [2.05, 4.69) is 20.8 Å². The predicted octanol–water partition coefficient (Wildman–Crippen LogP) is 2.80. The molecule has 0 radical (unpaired) electrons. The summed E-state index contributed by atoms with van der Waals surface area (Å²) in [5, 5.41) is 0. The second-order valence-corrected chi connectivity index (χ2v) is 4.51. The lowest BCUT2D eigenvalue weighted by atomic mass is 9.64. The van der Waals surface area contributed by atoms with Crippen LogP contribution in [0.2, 0.25) is 0 Å². The van der Waals surface area contributed by atoms with Crippen molar-refractivity contribution in [1.82, 2.24) is 0 Å². The second kappa shape index (κ2) is 4.27. The lowest BCUT2D eigenvalue weighted by Gasteiger charge is -2.42. The van der Waals surface area contributed by atoms with E-state index in [9.17, 15) is 0 Å². The van der Waals surface area contributed by atoms with E-state index in [4.69, 9.17) is 5.73 Å². The van der Waals surface area contributed by atoms with Crippen LogP contribution in [0.15, 0.2) is 0 Å². The Bertz CT molecular complexity index is 131. The zero-order valence-electron chi connectivity index (χ0n) is 8.72. The Morgan fingerprint density at radius 1 is 1.33 bits per heavy atom. The van der Waals surface area contributed by atoms with E-state index in [0.29, 0.717) is 6.04 Å². The first kappa shape index (κ1) is 10.0. The van der Waals surface area contributed by atoms with Crippen molar-refractivity contribution < 1.29 is 0 Å². The van der Waals surface area contributed by atoms with Gasteiger partial charge in [-0.15, -0.1) is 0 Å². The molecule has 1 fully saturated rings. The van der Waals surface area contributed by atoms with Gasteiger partial charge < -0.3 is 5.73 Å². The molecule has 2 N–H and O–H groups in total. The summed E-state index contributed by atoms with van der Waals surface area (Å²) in [4.78, 5) is 0. The van der Waals surface area contributed by atoms with Crippen molar-refractivity contribution in [2.24, 2.45) is 23.5 Å². The molecule has 1 aliphatic carbocycles. The van der Waals surface area contributed by atoms with Crippen molar-refractivity contribution in [2.75, 3.05) is 0 Å². The van der Waals surface area contributed by atoms with E-state index in [0.717, 1.165) is 17.8 Å². The Labute approximate surface area is 76.7 Å². The van der Waals surface area contributed by atoms with Crippen LogP contribution in [0, 0.1) is 17.8 Å². The van der Waals surface area contributed by atoms with Crippen LogP contribution in [-0.4, -0.2) is 6.04 Å². The fourth-order valence-electron chi connectivity index (χ4n) is 2.41. The molecular formula is C11H23N. The van der Waals surface area contributed by atoms with Crippen molar-refractivity contribution in [3.8, 4) is 0 Å². The predicted molar refractivity (Wildman–Crippen MR) is 53.9 cm³/mol. The summed E-state index contributed by atoms with van der Waals surface area (Å²) in [6, 6.07) is 0.384. The summed E-state index contributed by atoms with van der Waals surface area (Å²) in [6.07, 6.45) is 5.64. The van der Waals surface area contributed by atoms with Gasteiger partial charge >= 0.3 is 0 Å². The largest absolute Gasteiger partial charge is 0.328 e. The minimum absolute atomic E-state index is 0.384. The van der Waals surface area contributed by atoms with Crippen LogP contribution in [0.4, 0.5) is 0 Å². The third-order valence-corrected chi connectivity index (χ3v) is 3.64. The summed E-state index contributed by atoms with van der Waals surface area (Å²) < 4.78 is 0. The maximum atomic E-state index is 5.90. The van der Waals surface area contributed by atoms with E-state index in [-0.39, 0.29) is 0 Å². The summed E-state index contributed by atoms with van der Waals surface area (Å²) >= 11 is 0. The summed E-state index contributed by atoms with van der Waals surface area (Å²) in [5.41, 5.74) is 5.90. The third kappa shape index (κ3) is 2.01. The van der Waals surface area contributed by atoms with E-state index >= 15 is 0 Å². The third-order valence-electron chi connectivity index (χ3n) is 3.64. The van der Waals surface area contributed by atoms with Gasteiger partial charge in [0.2, 0.25) is 0 Å². The molecule has 1 saturated carbocycles. The van der Waals surface area contributed by atoms with Gasteiger partial charge in [0, 0.05) is 6.04 Å². The second-order valence-electron chi connectivity index (χ2n) is 4.51. The molecular weight excluding hydrogens is 146 g/mol. The fraction of sp³-hybridized carbons (Fsp3) is 1.00. The van der Waals surface area contributed by atoms with Crippen molar-refractivity contribution >= 4 is 0 Å². The van der Waals surface area contributed by atoms with Crippen LogP contribution in [-0.2, 0) is 0 Å². The molecule has 72 valence electrons. The van der Waals surface area contributed by atoms with Gasteiger partial charge in [0.05, 0.1) is 0 Å². The molecule has 1 nitrogen and oxygen atoms in total. The molecule has 0 bridgehead atoms. The van der Waals surface area contributed by atoms with Crippen LogP contribution in [0.3, 0.4) is 0 Å². The van der Waals surface area contributed by atoms with Gasteiger partial charge in [-0.3, -0.25) is 0 Å². The Hall–Kier alpha value is -0.0400. The molecule has 4 atom stereocenters. The van der Waals surface area contributed by atoms with Gasteiger partial charge in [-0.1, -0.05) is 26.7 Å². The van der Waals surface area contributed by atoms with E-state index in [1.807, 2.05) is 0 Å². The molecule has 0 aromatic carbocycles. The minimum atomic E-state index is 0.384. The van der Waals surface area contributed by atoms with E-state index in [1.54, 1.807) is 0 Å². The summed E-state index contributed by atoms with van der Waals surface area (Å²) in [6.45, 7) is 6.75. The molecule has 0 aromatic rings. The average Bonchev–Trinajstić information content (AvgIpc) is 1.98. The van der Waals surface area contributed by atoms with Gasteiger partial charge in [0.15, 0.2) is 0 Å². The normalized spacial score (nSPS) is 34.0. The Morgan fingerprint density at radius 2 is 2.00 bits per heavy atom. The highest BCUT2D eigenvalue weighted by molar-refractivity contribution is 4.86. The first-order valence-corrected chi connectivity index (χ1v) is 5.42. The highest BCUT2D eigenvalue weighted by Gasteiger charge is 2.35. The first-order chi connectivity index (χ1) is 5.66. The molecule has 1 rings (SSSR count). The van der Waals surface area contributed by atoms with Crippen molar-refractivity contribution in [3.05, 3.63) is 0 Å². The highest BCUT2D eigenvalue weighted by atomic mass is 14.6. The van der Waals surface area contributed by atoms with Gasteiger partial charge in [0.25, 0.3) is 0 Å². The smallest absolute Gasteiger partial charge is 0.00388 e. The quantitative estimate of drug-likeness (QED) is 0.688. The van der Waals surface area contributed by atoms with Crippen molar-refractivity contribution in [1.29, 1.82) is 0 Å². The molecule has 0 saturated heterocycles. The summed E-state index contributed by atoms with van der Waals surface area (Å²) in [5.74, 6) is 2.66. The molecule has 0 heterocycles. The standard InChI is InChI=1S/C11H23N/c1-4-5-10-6-7-11(10)8(2)9(3)12/h8-11H,4-7,12H2,1-3H3. The number of rotatable bonds is 4. The van der Waals surface area contributed by atoms with Gasteiger partial charge in [-0.2, -0.15) is 0 Å². The van der Waals surface area contributed by atoms with Crippen LogP contribution in [0.25, 0.3) is 0 Å². The zero-order chi connectivity index (χ0) is 9.14. The van der Waals surface area contributed by atoms with Crippen molar-refractivity contribution in [3.63, 3.8) is 0 Å². The lowest BCUT2D eigenvalue weighted by Crippen LogP contribution is -2.39. The van der Waals surface area contributed by atoms with E-state index < -0.39 is 0 Å². The molecule has 12 heavy (non-hydrogen) atoms. The monoisotopic (exact) mass is 169 g/mol. The average molecular weight is 169 g/mol. The van der Waals surface area contributed by atoms with Gasteiger partial charge in [0.1, 0.15) is 0 Å². The number of nitrogens with two attached hydrogens (primary N) is 1. The molecule has 4 unspecified atom stereocenters. The topological polar surface area (TPSA) is 26.0 Å². The van der Waals surface area contributed by atoms with Crippen LogP contribution in [0.5, 0.6) is 0 Å². The molecule has 0 amide bonds. The Morgan fingerprint density at radius 3 is 2.33 bits per heavy atom. The minimum Gasteiger partial charge on any atom is -0.328 e. The molecule has 0 spiro atoms. The first-order valence-electron chi connectivity index (χ1n) is 5.42. The molecule has 0 aliphatic heterocycles. The number of hydrogen-bond acceptors (Lipinski definition) is 1. The fourth-order valence-corrected chi connectivity index (χ4v) is 2.41. The molecule has 1 heteroatoms. The summed E-state index contributed by atoms with van der Waals surface area (Å²) in [7, 11) is 0.